The summed E-state index contributed by atoms with van der Waals surface area (Å²) in [6.45, 7) is 5.43. The number of hydrogen-bond donors (Lipinski definition) is 1. The van der Waals surface area contributed by atoms with Crippen molar-refractivity contribution in [2.75, 3.05) is 46.0 Å². The minimum absolute atomic E-state index is 0.184. The molecule has 8 heteroatoms. The highest BCUT2D eigenvalue weighted by molar-refractivity contribution is 7.89. The van der Waals surface area contributed by atoms with Crippen LogP contribution in [0.5, 0.6) is 5.75 Å². The zero-order valence-corrected chi connectivity index (χ0v) is 19.8. The van der Waals surface area contributed by atoms with Crippen molar-refractivity contribution in [1.29, 1.82) is 0 Å². The van der Waals surface area contributed by atoms with Gasteiger partial charge in [0.15, 0.2) is 0 Å². The van der Waals surface area contributed by atoms with E-state index in [2.05, 4.69) is 9.62 Å². The minimum Gasteiger partial charge on any atom is -0.494 e. The van der Waals surface area contributed by atoms with Crippen molar-refractivity contribution in [1.82, 2.24) is 9.62 Å². The molecule has 0 radical (unpaired) electrons. The van der Waals surface area contributed by atoms with Gasteiger partial charge >= 0.3 is 0 Å². The van der Waals surface area contributed by atoms with Gasteiger partial charge in [-0.2, -0.15) is 0 Å². The standard InChI is InChI=1S/C25H33FN2O4S/c26-23-6-1-2-7-24(23)33(29,30)27-20-25(12-18-31-19-13-25)21-8-10-22(11-9-21)32-17-5-16-28-14-3-4-15-28/h1-2,6-11,27H,3-5,12-20H2. The number of nitrogens with zero attached hydrogens (tertiary/aromatic N) is 1. The number of ether oxygens (including phenoxy) is 2. The number of hydrogen-bond acceptors (Lipinski definition) is 5. The topological polar surface area (TPSA) is 67.9 Å². The van der Waals surface area contributed by atoms with E-state index in [4.69, 9.17) is 9.47 Å². The van der Waals surface area contributed by atoms with E-state index in [-0.39, 0.29) is 11.4 Å². The Kier molecular flexibility index (Phi) is 8.01. The average molecular weight is 477 g/mol. The first kappa shape index (κ1) is 24.1. The molecule has 33 heavy (non-hydrogen) atoms. The van der Waals surface area contributed by atoms with Crippen molar-refractivity contribution < 1.29 is 22.3 Å². The summed E-state index contributed by atoms with van der Waals surface area (Å²) >= 11 is 0. The molecule has 0 aromatic heterocycles. The van der Waals surface area contributed by atoms with Crippen LogP contribution in [0, 0.1) is 5.82 Å². The molecule has 0 unspecified atom stereocenters. The molecule has 2 heterocycles. The Hall–Kier alpha value is -2.00. The summed E-state index contributed by atoms with van der Waals surface area (Å²) < 4.78 is 53.7. The van der Waals surface area contributed by atoms with E-state index in [1.165, 1.54) is 44.1 Å². The highest BCUT2D eigenvalue weighted by Gasteiger charge is 2.36. The van der Waals surface area contributed by atoms with Crippen LogP contribution in [0.4, 0.5) is 4.39 Å². The van der Waals surface area contributed by atoms with Crippen molar-refractivity contribution in [3.63, 3.8) is 0 Å². The van der Waals surface area contributed by atoms with Crippen LogP contribution in [0.3, 0.4) is 0 Å². The molecule has 2 aromatic rings. The maximum atomic E-state index is 14.1. The van der Waals surface area contributed by atoms with Gasteiger partial charge in [-0.3, -0.25) is 0 Å². The molecule has 0 aliphatic carbocycles. The number of benzene rings is 2. The lowest BCUT2D eigenvalue weighted by molar-refractivity contribution is 0.0517. The molecule has 0 saturated carbocycles. The number of sulfonamides is 1. The highest BCUT2D eigenvalue weighted by Crippen LogP contribution is 2.35. The van der Waals surface area contributed by atoms with Crippen LogP contribution in [0.1, 0.15) is 37.7 Å². The molecule has 0 atom stereocenters. The Morgan fingerprint density at radius 1 is 1.03 bits per heavy atom. The van der Waals surface area contributed by atoms with Gasteiger partial charge in [-0.1, -0.05) is 24.3 Å². The summed E-state index contributed by atoms with van der Waals surface area (Å²) in [5.74, 6) is 0.0616. The molecule has 2 saturated heterocycles. The second-order valence-corrected chi connectivity index (χ2v) is 10.7. The first-order chi connectivity index (χ1) is 16.0. The van der Waals surface area contributed by atoms with Crippen LogP contribution in [0.25, 0.3) is 0 Å². The SMILES string of the molecule is O=S(=O)(NCC1(c2ccc(OCCCN3CCCC3)cc2)CCOCC1)c1ccccc1F. The summed E-state index contributed by atoms with van der Waals surface area (Å²) in [7, 11) is -3.96. The molecule has 1 N–H and O–H groups in total. The van der Waals surface area contributed by atoms with Gasteiger partial charge in [0, 0.05) is 31.7 Å². The monoisotopic (exact) mass is 476 g/mol. The minimum atomic E-state index is -3.96. The summed E-state index contributed by atoms with van der Waals surface area (Å²) in [5.41, 5.74) is 0.622. The molecule has 0 amide bonds. The molecule has 4 rings (SSSR count). The number of likely N-dealkylation sites (tertiary alicyclic amines) is 1. The van der Waals surface area contributed by atoms with E-state index >= 15 is 0 Å². The van der Waals surface area contributed by atoms with Gasteiger partial charge in [0.25, 0.3) is 0 Å². The Morgan fingerprint density at radius 2 is 1.73 bits per heavy atom. The number of rotatable bonds is 10. The Balaban J connectivity index is 1.39. The van der Waals surface area contributed by atoms with Crippen molar-refractivity contribution in [3.8, 4) is 5.75 Å². The first-order valence-corrected chi connectivity index (χ1v) is 13.2. The van der Waals surface area contributed by atoms with E-state index in [9.17, 15) is 12.8 Å². The molecular weight excluding hydrogens is 443 g/mol. The van der Waals surface area contributed by atoms with Crippen LogP contribution < -0.4 is 9.46 Å². The molecule has 2 aliphatic heterocycles. The van der Waals surface area contributed by atoms with Gasteiger partial charge in [-0.25, -0.2) is 17.5 Å². The molecule has 6 nitrogen and oxygen atoms in total. The van der Waals surface area contributed by atoms with Gasteiger partial charge in [-0.05, 0) is 75.0 Å². The predicted molar refractivity (Wildman–Crippen MR) is 126 cm³/mol. The summed E-state index contributed by atoms with van der Waals surface area (Å²) in [6, 6.07) is 13.4. The zero-order valence-electron chi connectivity index (χ0n) is 19.0. The molecule has 2 fully saturated rings. The fourth-order valence-electron chi connectivity index (χ4n) is 4.69. The predicted octanol–water partition coefficient (Wildman–Crippen LogP) is 3.72. The molecule has 180 valence electrons. The lowest BCUT2D eigenvalue weighted by Crippen LogP contribution is -2.44. The number of nitrogens with one attached hydrogen (secondary N) is 1. The normalized spacial score (nSPS) is 18.9. The highest BCUT2D eigenvalue weighted by atomic mass is 32.2. The lowest BCUT2D eigenvalue weighted by Gasteiger charge is -2.38. The average Bonchev–Trinajstić information content (AvgIpc) is 3.35. The molecule has 0 bridgehead atoms. The van der Waals surface area contributed by atoms with Crippen LogP contribution in [-0.2, 0) is 20.2 Å². The van der Waals surface area contributed by atoms with Crippen LogP contribution in [0.15, 0.2) is 53.4 Å². The molecule has 2 aromatic carbocycles. The summed E-state index contributed by atoms with van der Waals surface area (Å²) in [5, 5.41) is 0. The van der Waals surface area contributed by atoms with E-state index in [1.807, 2.05) is 24.3 Å². The van der Waals surface area contributed by atoms with Crippen LogP contribution in [-0.4, -0.2) is 59.3 Å². The maximum Gasteiger partial charge on any atom is 0.243 e. The van der Waals surface area contributed by atoms with E-state index in [1.54, 1.807) is 0 Å². The van der Waals surface area contributed by atoms with E-state index < -0.39 is 21.3 Å². The van der Waals surface area contributed by atoms with Crippen molar-refractivity contribution in [3.05, 3.63) is 59.9 Å². The van der Waals surface area contributed by atoms with Gasteiger partial charge in [0.05, 0.1) is 6.61 Å². The van der Waals surface area contributed by atoms with Gasteiger partial charge in [0.2, 0.25) is 10.0 Å². The fraction of sp³-hybridized carbons (Fsp3) is 0.520. The summed E-state index contributed by atoms with van der Waals surface area (Å²) in [6.07, 6.45) is 4.96. The van der Waals surface area contributed by atoms with Crippen molar-refractivity contribution in [2.45, 2.75) is 42.4 Å². The molecule has 2 aliphatic rings. The Labute approximate surface area is 196 Å². The van der Waals surface area contributed by atoms with Gasteiger partial charge in [0.1, 0.15) is 16.5 Å². The van der Waals surface area contributed by atoms with Crippen molar-refractivity contribution in [2.24, 2.45) is 0 Å². The smallest absolute Gasteiger partial charge is 0.243 e. The van der Waals surface area contributed by atoms with Crippen molar-refractivity contribution >= 4 is 10.0 Å². The Morgan fingerprint density at radius 3 is 2.42 bits per heavy atom. The van der Waals surface area contributed by atoms with Gasteiger partial charge in [-0.15, -0.1) is 0 Å². The first-order valence-electron chi connectivity index (χ1n) is 11.8. The second kappa shape index (κ2) is 11.0. The Bertz CT molecular complexity index is 1000. The summed E-state index contributed by atoms with van der Waals surface area (Å²) in [4.78, 5) is 2.15. The quantitative estimate of drug-likeness (QED) is 0.530. The zero-order chi connectivity index (χ0) is 23.2. The van der Waals surface area contributed by atoms with E-state index in [0.29, 0.717) is 32.7 Å². The third-order valence-corrected chi connectivity index (χ3v) is 8.16. The maximum absolute atomic E-state index is 14.1. The molecule has 0 spiro atoms. The second-order valence-electron chi connectivity index (χ2n) is 8.92. The third kappa shape index (κ3) is 6.12. The lowest BCUT2D eigenvalue weighted by atomic mass is 9.74. The van der Waals surface area contributed by atoms with Crippen LogP contribution >= 0.6 is 0 Å². The van der Waals surface area contributed by atoms with E-state index in [0.717, 1.165) is 30.3 Å². The fourth-order valence-corrected chi connectivity index (χ4v) is 5.90. The largest absolute Gasteiger partial charge is 0.494 e. The number of halogens is 1. The molecular formula is C25H33FN2O4S. The van der Waals surface area contributed by atoms with Gasteiger partial charge < -0.3 is 14.4 Å². The third-order valence-electron chi connectivity index (χ3n) is 6.73. The van der Waals surface area contributed by atoms with Crippen LogP contribution in [0.2, 0.25) is 0 Å².